The van der Waals surface area contributed by atoms with Crippen LogP contribution in [0.2, 0.25) is 0 Å². The first-order valence-electron chi connectivity index (χ1n) is 11.8. The lowest BCUT2D eigenvalue weighted by atomic mass is 9.78. The Hall–Kier alpha value is -2.14. The van der Waals surface area contributed by atoms with E-state index < -0.39 is 0 Å². The van der Waals surface area contributed by atoms with Crippen LogP contribution in [0.5, 0.6) is 0 Å². The smallest absolute Gasteiger partial charge is 0.274 e. The monoisotopic (exact) mass is 406 g/mol. The molecule has 30 heavy (non-hydrogen) atoms. The normalized spacial score (nSPS) is 23.0. The summed E-state index contributed by atoms with van der Waals surface area (Å²) in [4.78, 5) is 15.1. The highest BCUT2D eigenvalue weighted by Gasteiger charge is 2.37. The van der Waals surface area contributed by atoms with Crippen LogP contribution in [0, 0.1) is 0 Å². The minimum absolute atomic E-state index is 0.140. The minimum atomic E-state index is 0.140. The molecule has 1 N–H and O–H groups in total. The molecule has 1 atom stereocenters. The number of likely N-dealkylation sites (tertiary alicyclic amines) is 1. The standard InChI is InChI=1S/C25H34N4O/c1-28-22-12-11-20(17-21(22)23(27-28)24(30)29-15-7-8-16-29)26-18-25(13-5-6-14-25)19-9-3-2-4-10-19/h2-4,9-10,20,26H,5-8,11-18H2,1H3. The van der Waals surface area contributed by atoms with Gasteiger partial charge < -0.3 is 10.2 Å². The van der Waals surface area contributed by atoms with Gasteiger partial charge in [0.15, 0.2) is 5.69 Å². The number of aromatic nitrogens is 2. The van der Waals surface area contributed by atoms with Gasteiger partial charge in [0.25, 0.3) is 5.91 Å². The Bertz CT molecular complexity index is 891. The summed E-state index contributed by atoms with van der Waals surface area (Å²) in [5.41, 5.74) is 4.91. The second-order valence-corrected chi connectivity index (χ2v) is 9.57. The van der Waals surface area contributed by atoms with Crippen LogP contribution < -0.4 is 5.32 Å². The Balaban J connectivity index is 1.31. The van der Waals surface area contributed by atoms with E-state index in [-0.39, 0.29) is 11.3 Å². The first-order chi connectivity index (χ1) is 14.7. The molecule has 0 spiro atoms. The van der Waals surface area contributed by atoms with E-state index in [4.69, 9.17) is 0 Å². The summed E-state index contributed by atoms with van der Waals surface area (Å²) < 4.78 is 1.96. The van der Waals surface area contributed by atoms with Crippen LogP contribution in [0.25, 0.3) is 0 Å². The largest absolute Gasteiger partial charge is 0.337 e. The van der Waals surface area contributed by atoms with E-state index in [1.165, 1.54) is 42.5 Å². The highest BCUT2D eigenvalue weighted by molar-refractivity contribution is 5.94. The molecule has 1 amide bonds. The molecule has 5 heteroatoms. The van der Waals surface area contributed by atoms with Crippen molar-refractivity contribution in [2.75, 3.05) is 19.6 Å². The zero-order valence-electron chi connectivity index (χ0n) is 18.2. The maximum Gasteiger partial charge on any atom is 0.274 e. The van der Waals surface area contributed by atoms with Crippen molar-refractivity contribution in [3.63, 3.8) is 0 Å². The highest BCUT2D eigenvalue weighted by atomic mass is 16.2. The fourth-order valence-electron chi connectivity index (χ4n) is 5.96. The molecule has 5 rings (SSSR count). The predicted octanol–water partition coefficient (Wildman–Crippen LogP) is 3.62. The number of amides is 1. The molecule has 2 aliphatic carbocycles. The Morgan fingerprint density at radius 3 is 2.60 bits per heavy atom. The molecule has 3 aliphatic rings. The van der Waals surface area contributed by atoms with Gasteiger partial charge in [-0.3, -0.25) is 9.48 Å². The lowest BCUT2D eigenvalue weighted by Crippen LogP contribution is -2.43. The maximum atomic E-state index is 13.1. The van der Waals surface area contributed by atoms with Crippen LogP contribution in [0.3, 0.4) is 0 Å². The van der Waals surface area contributed by atoms with E-state index in [2.05, 4.69) is 40.7 Å². The topological polar surface area (TPSA) is 50.2 Å². The van der Waals surface area contributed by atoms with Crippen LogP contribution in [0.15, 0.2) is 30.3 Å². The van der Waals surface area contributed by atoms with Crippen molar-refractivity contribution in [2.45, 2.75) is 69.2 Å². The summed E-state index contributed by atoms with van der Waals surface area (Å²) in [6, 6.07) is 11.5. The van der Waals surface area contributed by atoms with Gasteiger partial charge in [-0.25, -0.2) is 0 Å². The van der Waals surface area contributed by atoms with Gasteiger partial charge in [0.2, 0.25) is 0 Å². The third kappa shape index (κ3) is 3.58. The zero-order chi connectivity index (χ0) is 20.6. The van der Waals surface area contributed by atoms with Crippen molar-refractivity contribution in [2.24, 2.45) is 7.05 Å². The van der Waals surface area contributed by atoms with E-state index >= 15 is 0 Å². The van der Waals surface area contributed by atoms with Crippen molar-refractivity contribution >= 4 is 5.91 Å². The van der Waals surface area contributed by atoms with Crippen LogP contribution in [0.4, 0.5) is 0 Å². The van der Waals surface area contributed by atoms with Gasteiger partial charge >= 0.3 is 0 Å². The third-order valence-electron chi connectivity index (χ3n) is 7.73. The second-order valence-electron chi connectivity index (χ2n) is 9.57. The summed E-state index contributed by atoms with van der Waals surface area (Å²) in [5.74, 6) is 0.140. The summed E-state index contributed by atoms with van der Waals surface area (Å²) in [5, 5.41) is 8.59. The van der Waals surface area contributed by atoms with Crippen molar-refractivity contribution in [1.82, 2.24) is 20.0 Å². The zero-order valence-corrected chi connectivity index (χ0v) is 18.2. The van der Waals surface area contributed by atoms with Gasteiger partial charge in [-0.15, -0.1) is 0 Å². The van der Waals surface area contributed by atoms with E-state index in [9.17, 15) is 4.79 Å². The van der Waals surface area contributed by atoms with Crippen molar-refractivity contribution in [1.29, 1.82) is 0 Å². The number of carbonyl (C=O) groups excluding carboxylic acids is 1. The predicted molar refractivity (Wildman–Crippen MR) is 119 cm³/mol. The van der Waals surface area contributed by atoms with Crippen molar-refractivity contribution in [3.05, 3.63) is 52.8 Å². The maximum absolute atomic E-state index is 13.1. The highest BCUT2D eigenvalue weighted by Crippen LogP contribution is 2.41. The molecule has 0 radical (unpaired) electrons. The molecule has 1 saturated heterocycles. The molecule has 1 saturated carbocycles. The summed E-state index contributed by atoms with van der Waals surface area (Å²) in [6.45, 7) is 2.80. The van der Waals surface area contributed by atoms with Crippen LogP contribution >= 0.6 is 0 Å². The van der Waals surface area contributed by atoms with Gasteiger partial charge in [-0.2, -0.15) is 5.10 Å². The molecule has 160 valence electrons. The van der Waals surface area contributed by atoms with Crippen molar-refractivity contribution in [3.8, 4) is 0 Å². The van der Waals surface area contributed by atoms with Gasteiger partial charge in [-0.1, -0.05) is 43.2 Å². The summed E-state index contributed by atoms with van der Waals surface area (Å²) in [7, 11) is 2.00. The molecule has 2 fully saturated rings. The number of hydrogen-bond acceptors (Lipinski definition) is 3. The fraction of sp³-hybridized carbons (Fsp3) is 0.600. The number of nitrogens with zero attached hydrogens (tertiary/aromatic N) is 3. The molecular weight excluding hydrogens is 372 g/mol. The van der Waals surface area contributed by atoms with E-state index in [0.717, 1.165) is 51.7 Å². The lowest BCUT2D eigenvalue weighted by Gasteiger charge is -2.33. The molecule has 1 aliphatic heterocycles. The van der Waals surface area contributed by atoms with Gasteiger partial charge in [0.05, 0.1) is 0 Å². The Morgan fingerprint density at radius 1 is 1.13 bits per heavy atom. The van der Waals surface area contributed by atoms with Gasteiger partial charge in [-0.05, 0) is 50.5 Å². The Morgan fingerprint density at radius 2 is 1.87 bits per heavy atom. The SMILES string of the molecule is Cn1nc(C(=O)N2CCCC2)c2c1CCC(NCC1(c3ccccc3)CCCC1)C2. The Labute approximate surface area is 179 Å². The van der Waals surface area contributed by atoms with Crippen LogP contribution in [-0.2, 0) is 25.3 Å². The molecule has 1 aromatic heterocycles. The Kier molecular flexibility index (Phi) is 5.40. The number of benzene rings is 1. The van der Waals surface area contributed by atoms with Gasteiger partial charge in [0, 0.05) is 49.4 Å². The quantitative estimate of drug-likeness (QED) is 0.825. The molecule has 1 unspecified atom stereocenters. The van der Waals surface area contributed by atoms with Crippen LogP contribution in [-0.4, -0.2) is 46.3 Å². The summed E-state index contributed by atoms with van der Waals surface area (Å²) in [6.07, 6.45) is 10.5. The fourth-order valence-corrected chi connectivity index (χ4v) is 5.96. The second kappa shape index (κ2) is 8.18. The average molecular weight is 407 g/mol. The van der Waals surface area contributed by atoms with Crippen molar-refractivity contribution < 1.29 is 4.79 Å². The molecule has 0 bridgehead atoms. The number of fused-ring (bicyclic) bond motifs is 1. The minimum Gasteiger partial charge on any atom is -0.337 e. The van der Waals surface area contributed by atoms with Crippen LogP contribution in [0.1, 0.15) is 72.3 Å². The molecule has 5 nitrogen and oxygen atoms in total. The van der Waals surface area contributed by atoms with E-state index in [1.807, 2.05) is 16.6 Å². The van der Waals surface area contributed by atoms with E-state index in [1.54, 1.807) is 0 Å². The molecular formula is C25H34N4O. The number of rotatable bonds is 5. The lowest BCUT2D eigenvalue weighted by molar-refractivity contribution is 0.0785. The van der Waals surface area contributed by atoms with Gasteiger partial charge in [0.1, 0.15) is 0 Å². The number of nitrogens with one attached hydrogen (secondary N) is 1. The molecule has 2 heterocycles. The number of carbonyl (C=O) groups is 1. The number of aryl methyl sites for hydroxylation is 1. The van der Waals surface area contributed by atoms with E-state index in [0.29, 0.717) is 11.7 Å². The first-order valence-corrected chi connectivity index (χ1v) is 11.8. The summed E-state index contributed by atoms with van der Waals surface area (Å²) >= 11 is 0. The first kappa shape index (κ1) is 19.8. The molecule has 2 aromatic rings. The number of hydrogen-bond donors (Lipinski definition) is 1. The molecule has 1 aromatic carbocycles. The third-order valence-corrected chi connectivity index (χ3v) is 7.73. The average Bonchev–Trinajstić information content (AvgIpc) is 3.54.